The Labute approximate surface area is 111 Å². The lowest BCUT2D eigenvalue weighted by molar-refractivity contribution is 0.376. The van der Waals surface area contributed by atoms with Crippen molar-refractivity contribution in [3.05, 3.63) is 29.7 Å². The van der Waals surface area contributed by atoms with Gasteiger partial charge < -0.3 is 9.26 Å². The van der Waals surface area contributed by atoms with Crippen LogP contribution in [0.2, 0.25) is 0 Å². The molecule has 0 N–H and O–H groups in total. The van der Waals surface area contributed by atoms with Gasteiger partial charge in [-0.2, -0.15) is 10.2 Å². The number of unbranched alkanes of at least 4 members (excludes halogenated alkanes) is 1. The van der Waals surface area contributed by atoms with E-state index in [9.17, 15) is 0 Å². The van der Waals surface area contributed by atoms with Crippen LogP contribution < -0.4 is 4.74 Å². The molecule has 19 heavy (non-hydrogen) atoms. The van der Waals surface area contributed by atoms with Gasteiger partial charge in [-0.3, -0.25) is 0 Å². The van der Waals surface area contributed by atoms with Gasteiger partial charge in [-0.15, -0.1) is 0 Å². The lowest BCUT2D eigenvalue weighted by Gasteiger charge is -2.04. The van der Waals surface area contributed by atoms with E-state index in [-0.39, 0.29) is 0 Å². The molecule has 0 bridgehead atoms. The molecule has 0 radical (unpaired) electrons. The second kappa shape index (κ2) is 6.01. The second-order valence-corrected chi connectivity index (χ2v) is 4.21. The molecule has 0 aliphatic rings. The molecule has 98 valence electrons. The number of aromatic nitrogens is 2. The zero-order chi connectivity index (χ0) is 13.7. The van der Waals surface area contributed by atoms with Gasteiger partial charge in [-0.05, 0) is 37.1 Å². The van der Waals surface area contributed by atoms with E-state index in [1.807, 2.05) is 25.1 Å². The van der Waals surface area contributed by atoms with Gasteiger partial charge in [0.15, 0.2) is 0 Å². The maximum Gasteiger partial charge on any atom is 0.226 e. The average molecular weight is 257 g/mol. The van der Waals surface area contributed by atoms with Crippen LogP contribution in [-0.4, -0.2) is 17.3 Å². The molecule has 2 aromatic rings. The van der Waals surface area contributed by atoms with Crippen LogP contribution >= 0.6 is 0 Å². The van der Waals surface area contributed by atoms with E-state index in [2.05, 4.69) is 16.2 Å². The molecule has 0 saturated heterocycles. The summed E-state index contributed by atoms with van der Waals surface area (Å²) in [6, 6.07) is 7.84. The molecule has 1 heterocycles. The van der Waals surface area contributed by atoms with Crippen molar-refractivity contribution in [3.63, 3.8) is 0 Å². The van der Waals surface area contributed by atoms with Gasteiger partial charge in [0.05, 0.1) is 13.2 Å². The van der Waals surface area contributed by atoms with Crippen molar-refractivity contribution in [1.82, 2.24) is 10.1 Å². The Hall–Kier alpha value is -2.35. The summed E-state index contributed by atoms with van der Waals surface area (Å²) >= 11 is 0. The summed E-state index contributed by atoms with van der Waals surface area (Å²) < 4.78 is 10.4. The number of hydrogen-bond acceptors (Lipinski definition) is 5. The van der Waals surface area contributed by atoms with E-state index in [1.165, 1.54) is 0 Å². The first-order valence-electron chi connectivity index (χ1n) is 6.09. The number of ether oxygens (including phenoxy) is 1. The predicted octanol–water partition coefficient (Wildman–Crippen LogP) is 2.90. The molecule has 5 heteroatoms. The zero-order valence-electron chi connectivity index (χ0n) is 11.0. The highest BCUT2D eigenvalue weighted by Crippen LogP contribution is 2.24. The molecule has 2 rings (SSSR count). The van der Waals surface area contributed by atoms with Crippen LogP contribution in [0.15, 0.2) is 22.7 Å². The number of hydrogen-bond donors (Lipinski definition) is 0. The quantitative estimate of drug-likeness (QED) is 0.770. The summed E-state index contributed by atoms with van der Waals surface area (Å²) in [5.74, 6) is 1.97. The average Bonchev–Trinajstić information content (AvgIpc) is 2.88. The number of aryl methyl sites for hydroxylation is 2. The molecule has 0 unspecified atom stereocenters. The van der Waals surface area contributed by atoms with E-state index in [4.69, 9.17) is 14.5 Å². The number of nitriles is 1. The van der Waals surface area contributed by atoms with Crippen molar-refractivity contribution < 1.29 is 9.26 Å². The molecule has 1 aromatic heterocycles. The fraction of sp³-hybridized carbons (Fsp3) is 0.357. The lowest BCUT2D eigenvalue weighted by Crippen LogP contribution is -1.89. The largest absolute Gasteiger partial charge is 0.496 e. The Morgan fingerprint density at radius 1 is 1.42 bits per heavy atom. The SMILES string of the molecule is COc1ccc(-c2noc(CCCC#N)n2)cc1C. The van der Waals surface area contributed by atoms with E-state index in [0.717, 1.165) is 23.3 Å². The second-order valence-electron chi connectivity index (χ2n) is 4.21. The van der Waals surface area contributed by atoms with Crippen molar-refractivity contribution in [3.8, 4) is 23.2 Å². The van der Waals surface area contributed by atoms with Crippen LogP contribution in [0.5, 0.6) is 5.75 Å². The Morgan fingerprint density at radius 2 is 2.26 bits per heavy atom. The molecule has 0 aliphatic heterocycles. The van der Waals surface area contributed by atoms with Crippen molar-refractivity contribution in [2.75, 3.05) is 7.11 Å². The van der Waals surface area contributed by atoms with Crippen LogP contribution in [0, 0.1) is 18.3 Å². The van der Waals surface area contributed by atoms with Crippen molar-refractivity contribution in [2.24, 2.45) is 0 Å². The standard InChI is InChI=1S/C14H15N3O2/c1-10-9-11(6-7-12(10)18-2)14-16-13(19-17-14)5-3-4-8-15/h6-7,9H,3-5H2,1-2H3. The Bertz CT molecular complexity index is 599. The molecule has 0 amide bonds. The number of methoxy groups -OCH3 is 1. The van der Waals surface area contributed by atoms with Crippen LogP contribution in [0.3, 0.4) is 0 Å². The maximum atomic E-state index is 8.48. The van der Waals surface area contributed by atoms with Gasteiger partial charge in [-0.25, -0.2) is 0 Å². The zero-order valence-corrected chi connectivity index (χ0v) is 11.0. The number of nitrogens with zero attached hydrogens (tertiary/aromatic N) is 3. The minimum Gasteiger partial charge on any atom is -0.496 e. The summed E-state index contributed by atoms with van der Waals surface area (Å²) in [5.41, 5.74) is 1.92. The van der Waals surface area contributed by atoms with Gasteiger partial charge in [0.25, 0.3) is 0 Å². The van der Waals surface area contributed by atoms with E-state index in [0.29, 0.717) is 24.6 Å². The lowest BCUT2D eigenvalue weighted by atomic mass is 10.1. The minimum absolute atomic E-state index is 0.499. The van der Waals surface area contributed by atoms with E-state index >= 15 is 0 Å². The van der Waals surface area contributed by atoms with Gasteiger partial charge in [-0.1, -0.05) is 5.16 Å². The molecular formula is C14H15N3O2. The highest BCUT2D eigenvalue weighted by molar-refractivity contribution is 5.58. The summed E-state index contributed by atoms with van der Waals surface area (Å²) in [4.78, 5) is 4.32. The summed E-state index contributed by atoms with van der Waals surface area (Å²) in [6.07, 6.45) is 1.87. The Kier molecular flexibility index (Phi) is 4.14. The molecule has 5 nitrogen and oxygen atoms in total. The fourth-order valence-electron chi connectivity index (χ4n) is 1.81. The summed E-state index contributed by atoms with van der Waals surface area (Å²) in [7, 11) is 1.64. The minimum atomic E-state index is 0.499. The smallest absolute Gasteiger partial charge is 0.226 e. The van der Waals surface area contributed by atoms with Crippen LogP contribution in [0.4, 0.5) is 0 Å². The van der Waals surface area contributed by atoms with Crippen LogP contribution in [-0.2, 0) is 6.42 Å². The fourth-order valence-corrected chi connectivity index (χ4v) is 1.81. The van der Waals surface area contributed by atoms with Crippen LogP contribution in [0.25, 0.3) is 11.4 Å². The third kappa shape index (κ3) is 3.10. The highest BCUT2D eigenvalue weighted by Gasteiger charge is 2.09. The molecule has 1 aromatic carbocycles. The summed E-state index contributed by atoms with van der Waals surface area (Å²) in [5, 5.41) is 12.4. The highest BCUT2D eigenvalue weighted by atomic mass is 16.5. The number of rotatable bonds is 5. The first kappa shape index (κ1) is 13.1. The van der Waals surface area contributed by atoms with E-state index in [1.54, 1.807) is 7.11 Å². The van der Waals surface area contributed by atoms with Crippen molar-refractivity contribution >= 4 is 0 Å². The van der Waals surface area contributed by atoms with Gasteiger partial charge in [0, 0.05) is 18.4 Å². The van der Waals surface area contributed by atoms with Gasteiger partial charge in [0.2, 0.25) is 11.7 Å². The Balaban J connectivity index is 2.14. The molecule has 0 fully saturated rings. The molecule has 0 saturated carbocycles. The van der Waals surface area contributed by atoms with Crippen LogP contribution in [0.1, 0.15) is 24.3 Å². The topological polar surface area (TPSA) is 71.9 Å². The first-order chi connectivity index (χ1) is 9.24. The van der Waals surface area contributed by atoms with Crippen molar-refractivity contribution in [2.45, 2.75) is 26.2 Å². The molecule has 0 aliphatic carbocycles. The third-order valence-corrected chi connectivity index (χ3v) is 2.80. The monoisotopic (exact) mass is 257 g/mol. The van der Waals surface area contributed by atoms with E-state index < -0.39 is 0 Å². The van der Waals surface area contributed by atoms with Gasteiger partial charge >= 0.3 is 0 Å². The maximum absolute atomic E-state index is 8.48. The first-order valence-corrected chi connectivity index (χ1v) is 6.09. The van der Waals surface area contributed by atoms with Crippen molar-refractivity contribution in [1.29, 1.82) is 5.26 Å². The molecular weight excluding hydrogens is 242 g/mol. The Morgan fingerprint density at radius 3 is 2.95 bits per heavy atom. The molecule has 0 spiro atoms. The normalized spacial score (nSPS) is 10.2. The van der Waals surface area contributed by atoms with Gasteiger partial charge in [0.1, 0.15) is 5.75 Å². The number of benzene rings is 1. The summed E-state index contributed by atoms with van der Waals surface area (Å²) in [6.45, 7) is 1.97. The third-order valence-electron chi connectivity index (χ3n) is 2.80. The molecule has 0 atom stereocenters. The predicted molar refractivity (Wildman–Crippen MR) is 69.6 cm³/mol.